The van der Waals surface area contributed by atoms with Crippen LogP contribution in [0.2, 0.25) is 0 Å². The van der Waals surface area contributed by atoms with Crippen LogP contribution >= 0.6 is 0 Å². The molecule has 0 aromatic heterocycles. The Labute approximate surface area is 111 Å². The Bertz CT molecular complexity index is 242. The van der Waals surface area contributed by atoms with Crippen LogP contribution in [0.4, 0.5) is 0 Å². The average molecular weight is 256 g/mol. The number of aliphatic hydroxyl groups excluding tert-OH is 1. The molecule has 2 fully saturated rings. The molecule has 18 heavy (non-hydrogen) atoms. The molecule has 0 bridgehead atoms. The van der Waals surface area contributed by atoms with Crippen molar-refractivity contribution in [1.29, 1.82) is 0 Å². The van der Waals surface area contributed by atoms with Gasteiger partial charge in [0.25, 0.3) is 0 Å². The van der Waals surface area contributed by atoms with Crippen LogP contribution in [-0.4, -0.2) is 62.0 Å². The minimum Gasteiger partial charge on any atom is -0.395 e. The predicted molar refractivity (Wildman–Crippen MR) is 72.7 cm³/mol. The zero-order chi connectivity index (χ0) is 12.8. The molecule has 4 heteroatoms. The van der Waals surface area contributed by atoms with E-state index in [0.29, 0.717) is 12.6 Å². The van der Waals surface area contributed by atoms with Crippen molar-refractivity contribution in [3.8, 4) is 0 Å². The number of hydrogen-bond donors (Lipinski definition) is 2. The lowest BCUT2D eigenvalue weighted by Gasteiger charge is -2.35. The highest BCUT2D eigenvalue weighted by molar-refractivity contribution is 4.91. The molecule has 0 spiro atoms. The Kier molecular flexibility index (Phi) is 5.42. The lowest BCUT2D eigenvalue weighted by Crippen LogP contribution is -2.47. The van der Waals surface area contributed by atoms with Gasteiger partial charge in [0.1, 0.15) is 0 Å². The zero-order valence-electron chi connectivity index (χ0n) is 11.7. The van der Waals surface area contributed by atoms with E-state index in [-0.39, 0.29) is 5.41 Å². The molecule has 2 aliphatic rings. The normalized spacial score (nSPS) is 33.3. The number of rotatable bonds is 7. The monoisotopic (exact) mass is 256 g/mol. The van der Waals surface area contributed by atoms with E-state index >= 15 is 0 Å². The van der Waals surface area contributed by atoms with Crippen molar-refractivity contribution < 1.29 is 9.84 Å². The van der Waals surface area contributed by atoms with Crippen LogP contribution < -0.4 is 5.32 Å². The quantitative estimate of drug-likeness (QED) is 0.663. The van der Waals surface area contributed by atoms with Crippen molar-refractivity contribution in [2.45, 2.75) is 38.6 Å². The van der Waals surface area contributed by atoms with Gasteiger partial charge in [0.05, 0.1) is 13.2 Å². The van der Waals surface area contributed by atoms with E-state index in [1.54, 1.807) is 0 Å². The van der Waals surface area contributed by atoms with Crippen molar-refractivity contribution in [1.82, 2.24) is 10.2 Å². The lowest BCUT2D eigenvalue weighted by molar-refractivity contribution is 0.0832. The second kappa shape index (κ2) is 6.85. The van der Waals surface area contributed by atoms with Gasteiger partial charge >= 0.3 is 0 Å². The van der Waals surface area contributed by atoms with Crippen molar-refractivity contribution >= 4 is 0 Å². The van der Waals surface area contributed by atoms with Gasteiger partial charge in [0.15, 0.2) is 0 Å². The first-order valence-corrected chi connectivity index (χ1v) is 7.43. The van der Waals surface area contributed by atoms with Gasteiger partial charge in [-0.1, -0.05) is 6.92 Å². The summed E-state index contributed by atoms with van der Waals surface area (Å²) in [6.07, 6.45) is 4.71. The molecule has 2 heterocycles. The van der Waals surface area contributed by atoms with Crippen LogP contribution in [-0.2, 0) is 4.74 Å². The summed E-state index contributed by atoms with van der Waals surface area (Å²) in [5.74, 6) is 0. The maximum atomic E-state index is 9.42. The Morgan fingerprint density at radius 1 is 1.50 bits per heavy atom. The second-order valence-corrected chi connectivity index (χ2v) is 5.93. The number of likely N-dealkylation sites (tertiary alicyclic amines) is 1. The molecule has 0 aliphatic carbocycles. The van der Waals surface area contributed by atoms with Gasteiger partial charge in [-0.3, -0.25) is 4.90 Å². The van der Waals surface area contributed by atoms with E-state index in [1.807, 2.05) is 0 Å². The van der Waals surface area contributed by atoms with Gasteiger partial charge < -0.3 is 15.2 Å². The van der Waals surface area contributed by atoms with Gasteiger partial charge in [0.2, 0.25) is 0 Å². The van der Waals surface area contributed by atoms with E-state index in [2.05, 4.69) is 17.1 Å². The van der Waals surface area contributed by atoms with Crippen molar-refractivity contribution in [3.05, 3.63) is 0 Å². The number of aliphatic hydroxyl groups is 1. The zero-order valence-corrected chi connectivity index (χ0v) is 11.7. The first-order valence-electron chi connectivity index (χ1n) is 7.43. The van der Waals surface area contributed by atoms with Crippen molar-refractivity contribution in [3.63, 3.8) is 0 Å². The van der Waals surface area contributed by atoms with Gasteiger partial charge in [-0.2, -0.15) is 0 Å². The smallest absolute Gasteiger partial charge is 0.0586 e. The fourth-order valence-corrected chi connectivity index (χ4v) is 3.24. The van der Waals surface area contributed by atoms with E-state index in [1.165, 1.54) is 12.8 Å². The maximum absolute atomic E-state index is 9.42. The lowest BCUT2D eigenvalue weighted by atomic mass is 9.86. The highest BCUT2D eigenvalue weighted by Gasteiger charge is 2.38. The van der Waals surface area contributed by atoms with Gasteiger partial charge in [0, 0.05) is 31.2 Å². The number of nitrogens with zero attached hydrogens (tertiary/aromatic N) is 1. The summed E-state index contributed by atoms with van der Waals surface area (Å²) in [5.41, 5.74) is 0.271. The molecule has 2 aliphatic heterocycles. The van der Waals surface area contributed by atoms with Gasteiger partial charge in [-0.25, -0.2) is 0 Å². The molecule has 0 aromatic carbocycles. The average Bonchev–Trinajstić information content (AvgIpc) is 3.00. The molecule has 2 rings (SSSR count). The number of nitrogens with one attached hydrogen (secondary N) is 1. The summed E-state index contributed by atoms with van der Waals surface area (Å²) in [7, 11) is 0. The highest BCUT2D eigenvalue weighted by Crippen LogP contribution is 2.31. The number of hydrogen-bond acceptors (Lipinski definition) is 4. The van der Waals surface area contributed by atoms with Crippen LogP contribution in [0.1, 0.15) is 32.6 Å². The third-order valence-corrected chi connectivity index (χ3v) is 4.36. The molecule has 4 nitrogen and oxygen atoms in total. The van der Waals surface area contributed by atoms with Crippen LogP contribution in [0.5, 0.6) is 0 Å². The van der Waals surface area contributed by atoms with Crippen LogP contribution in [0.15, 0.2) is 0 Å². The van der Waals surface area contributed by atoms with Crippen molar-refractivity contribution in [2.75, 3.05) is 46.0 Å². The molecule has 0 amide bonds. The van der Waals surface area contributed by atoms with E-state index in [0.717, 1.165) is 52.2 Å². The Morgan fingerprint density at radius 3 is 3.06 bits per heavy atom. The summed E-state index contributed by atoms with van der Waals surface area (Å²) in [5, 5.41) is 13.0. The molecule has 2 saturated heterocycles. The number of ether oxygens (including phenoxy) is 1. The maximum Gasteiger partial charge on any atom is 0.0586 e. The van der Waals surface area contributed by atoms with Gasteiger partial charge in [-0.15, -0.1) is 0 Å². The van der Waals surface area contributed by atoms with Gasteiger partial charge in [-0.05, 0) is 38.8 Å². The van der Waals surface area contributed by atoms with Crippen LogP contribution in [0.25, 0.3) is 0 Å². The third kappa shape index (κ3) is 3.44. The summed E-state index contributed by atoms with van der Waals surface area (Å²) in [4.78, 5) is 2.47. The standard InChI is InChI=1S/C14H28N2O2/c1-2-6-15-10-14(5-8-18-12-14)11-16-7-3-4-13(16)9-17/h13,15,17H,2-12H2,1H3. The third-order valence-electron chi connectivity index (χ3n) is 4.36. The summed E-state index contributed by atoms with van der Waals surface area (Å²) >= 11 is 0. The first kappa shape index (κ1) is 14.3. The first-order chi connectivity index (χ1) is 8.79. The highest BCUT2D eigenvalue weighted by atomic mass is 16.5. The van der Waals surface area contributed by atoms with E-state index < -0.39 is 0 Å². The van der Waals surface area contributed by atoms with Crippen LogP contribution in [0.3, 0.4) is 0 Å². The fraction of sp³-hybridized carbons (Fsp3) is 1.00. The van der Waals surface area contributed by atoms with E-state index in [4.69, 9.17) is 4.74 Å². The topological polar surface area (TPSA) is 44.7 Å². The predicted octanol–water partition coefficient (Wildman–Crippen LogP) is 0.849. The molecule has 2 unspecified atom stereocenters. The molecule has 0 radical (unpaired) electrons. The molecule has 2 N–H and O–H groups in total. The van der Waals surface area contributed by atoms with Crippen LogP contribution in [0, 0.1) is 5.41 Å². The second-order valence-electron chi connectivity index (χ2n) is 5.93. The summed E-state index contributed by atoms with van der Waals surface area (Å²) < 4.78 is 5.64. The molecular weight excluding hydrogens is 228 g/mol. The van der Waals surface area contributed by atoms with Crippen molar-refractivity contribution in [2.24, 2.45) is 5.41 Å². The molecule has 106 valence electrons. The Balaban J connectivity index is 1.88. The minimum atomic E-state index is 0.271. The largest absolute Gasteiger partial charge is 0.395 e. The fourth-order valence-electron chi connectivity index (χ4n) is 3.24. The summed E-state index contributed by atoms with van der Waals surface area (Å²) in [6.45, 7) is 8.63. The molecular formula is C14H28N2O2. The Hall–Kier alpha value is -0.160. The minimum absolute atomic E-state index is 0.271. The molecule has 2 atom stereocenters. The summed E-state index contributed by atoms with van der Waals surface area (Å²) in [6, 6.07) is 0.383. The molecule has 0 aromatic rings. The SMILES string of the molecule is CCCNCC1(CN2CCCC2CO)CCOC1. The van der Waals surface area contributed by atoms with E-state index in [9.17, 15) is 5.11 Å². The molecule has 0 saturated carbocycles. The Morgan fingerprint density at radius 2 is 2.39 bits per heavy atom.